The van der Waals surface area contributed by atoms with Gasteiger partial charge in [-0.1, -0.05) is 42.0 Å². The molecule has 3 rings (SSSR count). The van der Waals surface area contributed by atoms with Gasteiger partial charge in [0, 0.05) is 17.0 Å². The average molecular weight is 292 g/mol. The average Bonchev–Trinajstić information content (AvgIpc) is 2.53. The van der Waals surface area contributed by atoms with E-state index in [1.807, 2.05) is 61.5 Å². The summed E-state index contributed by atoms with van der Waals surface area (Å²) >= 11 is 0. The van der Waals surface area contributed by atoms with Gasteiger partial charge in [0.1, 0.15) is 11.3 Å². The second-order valence-electron chi connectivity index (χ2n) is 5.10. The molecule has 3 heteroatoms. The number of ether oxygens (including phenoxy) is 1. The molecule has 1 aromatic heterocycles. The minimum absolute atomic E-state index is 0.351. The van der Waals surface area contributed by atoms with E-state index in [1.54, 1.807) is 7.11 Å². The fourth-order valence-electron chi connectivity index (χ4n) is 2.42. The molecule has 1 heterocycles. The van der Waals surface area contributed by atoms with Crippen molar-refractivity contribution in [1.82, 2.24) is 0 Å². The predicted molar refractivity (Wildman–Crippen MR) is 89.1 cm³/mol. The Morgan fingerprint density at radius 2 is 1.77 bits per heavy atom. The van der Waals surface area contributed by atoms with Gasteiger partial charge in [0.05, 0.1) is 7.11 Å². The summed E-state index contributed by atoms with van der Waals surface area (Å²) in [7, 11) is 1.64. The maximum Gasteiger partial charge on any atom is 0.336 e. The van der Waals surface area contributed by atoms with Gasteiger partial charge in [-0.3, -0.25) is 0 Å². The summed E-state index contributed by atoms with van der Waals surface area (Å²) in [6, 6.07) is 15.0. The number of hydrogen-bond acceptors (Lipinski definition) is 3. The number of fused-ring (bicyclic) bond motifs is 1. The van der Waals surface area contributed by atoms with Crippen LogP contribution in [0.3, 0.4) is 0 Å². The van der Waals surface area contributed by atoms with E-state index >= 15 is 0 Å². The van der Waals surface area contributed by atoms with Crippen LogP contribution in [0.2, 0.25) is 0 Å². The number of aryl methyl sites for hydroxylation is 1. The molecule has 0 aliphatic heterocycles. The molecule has 0 aliphatic carbocycles. The Kier molecular flexibility index (Phi) is 3.79. The fraction of sp³-hybridized carbons (Fsp3) is 0.105. The third-order valence-corrected chi connectivity index (χ3v) is 3.51. The highest BCUT2D eigenvalue weighted by atomic mass is 16.5. The van der Waals surface area contributed by atoms with E-state index in [2.05, 4.69) is 0 Å². The quantitative estimate of drug-likeness (QED) is 0.676. The zero-order valence-corrected chi connectivity index (χ0v) is 12.5. The maximum atomic E-state index is 11.7. The number of para-hydroxylation sites is 1. The molecule has 0 unspecified atom stereocenters. The van der Waals surface area contributed by atoms with Gasteiger partial charge in [-0.2, -0.15) is 0 Å². The lowest BCUT2D eigenvalue weighted by atomic mass is 10.1. The molecule has 3 aromatic rings. The molecule has 2 aromatic carbocycles. The summed E-state index contributed by atoms with van der Waals surface area (Å²) < 4.78 is 10.6. The topological polar surface area (TPSA) is 39.4 Å². The van der Waals surface area contributed by atoms with Crippen molar-refractivity contribution in [3.8, 4) is 5.75 Å². The summed E-state index contributed by atoms with van der Waals surface area (Å²) in [4.78, 5) is 11.7. The molecule has 0 saturated heterocycles. The van der Waals surface area contributed by atoms with Crippen molar-refractivity contribution in [3.05, 3.63) is 75.6 Å². The lowest BCUT2D eigenvalue weighted by Crippen LogP contribution is -1.98. The highest BCUT2D eigenvalue weighted by Crippen LogP contribution is 2.23. The Labute approximate surface area is 128 Å². The molecule has 3 nitrogen and oxygen atoms in total. The third-order valence-electron chi connectivity index (χ3n) is 3.51. The van der Waals surface area contributed by atoms with Crippen molar-refractivity contribution in [3.63, 3.8) is 0 Å². The minimum Gasteiger partial charge on any atom is -0.496 e. The molecule has 0 bridgehead atoms. The lowest BCUT2D eigenvalue weighted by Gasteiger charge is -2.05. The Balaban J connectivity index is 2.12. The van der Waals surface area contributed by atoms with Gasteiger partial charge in [-0.15, -0.1) is 0 Å². The molecule has 110 valence electrons. The van der Waals surface area contributed by atoms with Gasteiger partial charge < -0.3 is 9.15 Å². The summed E-state index contributed by atoms with van der Waals surface area (Å²) in [5.74, 6) is 0.794. The van der Waals surface area contributed by atoms with Crippen LogP contribution in [0.15, 0.2) is 57.7 Å². The zero-order valence-electron chi connectivity index (χ0n) is 12.5. The molecule has 0 aliphatic rings. The van der Waals surface area contributed by atoms with Crippen molar-refractivity contribution >= 4 is 23.1 Å². The van der Waals surface area contributed by atoms with Crippen LogP contribution in [-0.4, -0.2) is 7.11 Å². The van der Waals surface area contributed by atoms with Crippen molar-refractivity contribution in [2.75, 3.05) is 7.11 Å². The van der Waals surface area contributed by atoms with Crippen molar-refractivity contribution in [2.45, 2.75) is 6.92 Å². The van der Waals surface area contributed by atoms with E-state index < -0.39 is 0 Å². The molecule has 0 amide bonds. The van der Waals surface area contributed by atoms with E-state index in [1.165, 1.54) is 6.07 Å². The van der Waals surface area contributed by atoms with E-state index in [0.717, 1.165) is 27.8 Å². The molecule has 0 spiro atoms. The van der Waals surface area contributed by atoms with Gasteiger partial charge in [0.2, 0.25) is 0 Å². The third kappa shape index (κ3) is 2.79. The number of methoxy groups -OCH3 is 1. The molecule has 0 radical (unpaired) electrons. The number of rotatable bonds is 3. The van der Waals surface area contributed by atoms with Crippen molar-refractivity contribution in [2.24, 2.45) is 0 Å². The second kappa shape index (κ2) is 5.90. The Bertz CT molecular complexity index is 904. The SMILES string of the molecule is COc1ccccc1C=Cc1cc(=O)oc2ccc(C)cc12. The smallest absolute Gasteiger partial charge is 0.336 e. The monoisotopic (exact) mass is 292 g/mol. The van der Waals surface area contributed by atoms with Crippen LogP contribution in [0.1, 0.15) is 16.7 Å². The van der Waals surface area contributed by atoms with Crippen LogP contribution >= 0.6 is 0 Å². The van der Waals surface area contributed by atoms with Gasteiger partial charge in [0.25, 0.3) is 0 Å². The molecular formula is C19H16O3. The second-order valence-corrected chi connectivity index (χ2v) is 5.10. The highest BCUT2D eigenvalue weighted by molar-refractivity contribution is 5.90. The molecular weight excluding hydrogens is 276 g/mol. The van der Waals surface area contributed by atoms with Crippen LogP contribution < -0.4 is 10.4 Å². The number of benzene rings is 2. The normalized spacial score (nSPS) is 11.2. The van der Waals surface area contributed by atoms with E-state index in [-0.39, 0.29) is 5.63 Å². The van der Waals surface area contributed by atoms with Crippen molar-refractivity contribution < 1.29 is 9.15 Å². The minimum atomic E-state index is -0.351. The van der Waals surface area contributed by atoms with Gasteiger partial charge in [-0.25, -0.2) is 4.79 Å². The maximum absolute atomic E-state index is 11.7. The molecule has 0 N–H and O–H groups in total. The summed E-state index contributed by atoms with van der Waals surface area (Å²) in [5, 5.41) is 0.922. The molecule has 22 heavy (non-hydrogen) atoms. The van der Waals surface area contributed by atoms with Gasteiger partial charge in [0.15, 0.2) is 0 Å². The van der Waals surface area contributed by atoms with E-state index in [9.17, 15) is 4.79 Å². The zero-order chi connectivity index (χ0) is 15.5. The van der Waals surface area contributed by atoms with Crippen LogP contribution in [0, 0.1) is 6.92 Å². The standard InChI is InChI=1S/C19H16O3/c1-13-7-10-18-16(11-13)15(12-19(20)22-18)9-8-14-5-3-4-6-17(14)21-2/h3-12H,1-2H3. The first-order chi connectivity index (χ1) is 10.7. The van der Waals surface area contributed by atoms with Crippen LogP contribution in [0.4, 0.5) is 0 Å². The number of hydrogen-bond donors (Lipinski definition) is 0. The summed E-state index contributed by atoms with van der Waals surface area (Å²) in [6.45, 7) is 2.01. The molecule has 0 atom stereocenters. The Hall–Kier alpha value is -2.81. The van der Waals surface area contributed by atoms with E-state index in [4.69, 9.17) is 9.15 Å². The largest absolute Gasteiger partial charge is 0.496 e. The van der Waals surface area contributed by atoms with E-state index in [0.29, 0.717) is 5.58 Å². The fourth-order valence-corrected chi connectivity index (χ4v) is 2.42. The van der Waals surface area contributed by atoms with Crippen LogP contribution in [0.25, 0.3) is 23.1 Å². The predicted octanol–water partition coefficient (Wildman–Crippen LogP) is 4.28. The first-order valence-electron chi connectivity index (χ1n) is 7.03. The van der Waals surface area contributed by atoms with Crippen LogP contribution in [0.5, 0.6) is 5.75 Å². The Morgan fingerprint density at radius 1 is 1.00 bits per heavy atom. The summed E-state index contributed by atoms with van der Waals surface area (Å²) in [5.41, 5.74) is 3.15. The van der Waals surface area contributed by atoms with Crippen LogP contribution in [-0.2, 0) is 0 Å². The van der Waals surface area contributed by atoms with Crippen molar-refractivity contribution in [1.29, 1.82) is 0 Å². The molecule has 0 fully saturated rings. The Morgan fingerprint density at radius 3 is 2.59 bits per heavy atom. The first kappa shape index (κ1) is 14.1. The lowest BCUT2D eigenvalue weighted by molar-refractivity contribution is 0.414. The highest BCUT2D eigenvalue weighted by Gasteiger charge is 2.04. The first-order valence-corrected chi connectivity index (χ1v) is 7.03. The summed E-state index contributed by atoms with van der Waals surface area (Å²) in [6.07, 6.45) is 3.85. The molecule has 0 saturated carbocycles. The van der Waals surface area contributed by atoms with Gasteiger partial charge >= 0.3 is 5.63 Å². The van der Waals surface area contributed by atoms with Gasteiger partial charge in [-0.05, 0) is 30.7 Å².